The van der Waals surface area contributed by atoms with E-state index >= 15 is 0 Å². The SMILES string of the molecule is CSCCC(NC(=O)C(CS)NC(=O)C(CC(=O)O)NC(=O)C(N)CCC(N)=O)C(=O)O. The van der Waals surface area contributed by atoms with Gasteiger partial charge in [-0.15, -0.1) is 0 Å². The number of carbonyl (C=O) groups is 6. The third kappa shape index (κ3) is 11.8. The van der Waals surface area contributed by atoms with Gasteiger partial charge in [-0.2, -0.15) is 24.4 Å². The zero-order valence-electron chi connectivity index (χ0n) is 17.4. The first-order valence-corrected chi connectivity index (χ1v) is 11.4. The van der Waals surface area contributed by atoms with E-state index in [1.54, 1.807) is 6.26 Å². The van der Waals surface area contributed by atoms with E-state index in [4.69, 9.17) is 16.6 Å². The van der Waals surface area contributed by atoms with Gasteiger partial charge in [0, 0.05) is 12.2 Å². The van der Waals surface area contributed by atoms with Crippen LogP contribution in [0, 0.1) is 0 Å². The predicted molar refractivity (Wildman–Crippen MR) is 119 cm³/mol. The molecular weight excluding hydrogens is 466 g/mol. The topological polar surface area (TPSA) is 231 Å². The van der Waals surface area contributed by atoms with Crippen LogP contribution in [0.2, 0.25) is 0 Å². The molecule has 0 bridgehead atoms. The Kier molecular flexibility index (Phi) is 14.1. The fourth-order valence-corrected chi connectivity index (χ4v) is 3.05. The monoisotopic (exact) mass is 495 g/mol. The number of carboxylic acid groups (broad SMARTS) is 2. The molecule has 0 radical (unpaired) electrons. The fourth-order valence-electron chi connectivity index (χ4n) is 2.32. The largest absolute Gasteiger partial charge is 0.481 e. The molecule has 0 aliphatic heterocycles. The van der Waals surface area contributed by atoms with Gasteiger partial charge in [0.05, 0.1) is 12.5 Å². The van der Waals surface area contributed by atoms with Crippen LogP contribution >= 0.6 is 24.4 Å². The molecule has 0 aromatic heterocycles. The quantitative estimate of drug-likeness (QED) is 0.103. The zero-order valence-corrected chi connectivity index (χ0v) is 19.1. The van der Waals surface area contributed by atoms with Gasteiger partial charge in [-0.3, -0.25) is 24.0 Å². The molecule has 13 nitrogen and oxygen atoms in total. The first-order valence-electron chi connectivity index (χ1n) is 9.42. The second-order valence-corrected chi connectivity index (χ2v) is 8.05. The van der Waals surface area contributed by atoms with Crippen LogP contribution in [0.25, 0.3) is 0 Å². The molecule has 15 heteroatoms. The average molecular weight is 496 g/mol. The lowest BCUT2D eigenvalue weighted by Gasteiger charge is -2.23. The van der Waals surface area contributed by atoms with E-state index in [2.05, 4.69) is 28.6 Å². The lowest BCUT2D eigenvalue weighted by Crippen LogP contribution is -2.58. The number of primary amides is 1. The van der Waals surface area contributed by atoms with Crippen molar-refractivity contribution in [3.8, 4) is 0 Å². The molecular formula is C17H29N5O8S2. The van der Waals surface area contributed by atoms with Crippen molar-refractivity contribution in [1.82, 2.24) is 16.0 Å². The van der Waals surface area contributed by atoms with Crippen molar-refractivity contribution in [1.29, 1.82) is 0 Å². The van der Waals surface area contributed by atoms with Crippen molar-refractivity contribution in [2.45, 2.75) is 49.9 Å². The summed E-state index contributed by atoms with van der Waals surface area (Å²) in [6.45, 7) is 0. The Bertz CT molecular complexity index is 708. The van der Waals surface area contributed by atoms with Crippen molar-refractivity contribution in [3.63, 3.8) is 0 Å². The van der Waals surface area contributed by atoms with Gasteiger partial charge in [-0.1, -0.05) is 0 Å². The summed E-state index contributed by atoms with van der Waals surface area (Å²) in [7, 11) is 0. The van der Waals surface area contributed by atoms with Gasteiger partial charge in [-0.05, 0) is 24.9 Å². The Balaban J connectivity index is 5.20. The van der Waals surface area contributed by atoms with Gasteiger partial charge in [0.2, 0.25) is 23.6 Å². The highest BCUT2D eigenvalue weighted by Gasteiger charge is 2.30. The maximum Gasteiger partial charge on any atom is 0.326 e. The number of thioether (sulfide) groups is 1. The third-order valence-corrected chi connectivity index (χ3v) is 5.10. The van der Waals surface area contributed by atoms with Crippen LogP contribution in [0.4, 0.5) is 0 Å². The molecule has 4 unspecified atom stereocenters. The minimum atomic E-state index is -1.58. The summed E-state index contributed by atoms with van der Waals surface area (Å²) in [4.78, 5) is 70.3. The highest BCUT2D eigenvalue weighted by molar-refractivity contribution is 7.98. The highest BCUT2D eigenvalue weighted by Crippen LogP contribution is 2.03. The first-order chi connectivity index (χ1) is 14.9. The van der Waals surface area contributed by atoms with Crippen LogP contribution in [-0.2, 0) is 28.8 Å². The Hall–Kier alpha value is -2.52. The molecule has 9 N–H and O–H groups in total. The van der Waals surface area contributed by atoms with Gasteiger partial charge in [0.15, 0.2) is 0 Å². The minimum absolute atomic E-state index is 0.114. The number of hydrogen-bond acceptors (Lipinski definition) is 9. The molecule has 0 aromatic rings. The van der Waals surface area contributed by atoms with E-state index in [1.165, 1.54) is 11.8 Å². The van der Waals surface area contributed by atoms with Gasteiger partial charge in [0.1, 0.15) is 18.1 Å². The molecule has 0 saturated heterocycles. The van der Waals surface area contributed by atoms with Gasteiger partial charge in [-0.25, -0.2) is 4.79 Å². The van der Waals surface area contributed by atoms with Crippen molar-refractivity contribution in [2.75, 3.05) is 17.8 Å². The fraction of sp³-hybridized carbons (Fsp3) is 0.647. The molecule has 0 aliphatic carbocycles. The molecule has 182 valence electrons. The molecule has 0 aliphatic rings. The average Bonchev–Trinajstić information content (AvgIpc) is 2.71. The van der Waals surface area contributed by atoms with E-state index in [1.807, 2.05) is 0 Å². The standard InChI is InChI=1S/C17H29N5O8S2/c1-32-5-4-9(17(29)30)20-16(28)11(7-31)22-15(27)10(6-13(24)25)21-14(26)8(18)2-3-12(19)23/h8-11,31H,2-7,18H2,1H3,(H2,19,23)(H,20,28)(H,21,26)(H,22,27)(H,24,25)(H,29,30). The summed E-state index contributed by atoms with van der Waals surface area (Å²) in [6, 6.07) is -5.28. The van der Waals surface area contributed by atoms with Crippen LogP contribution < -0.4 is 27.4 Å². The molecule has 4 atom stereocenters. The molecule has 0 saturated carbocycles. The number of nitrogens with two attached hydrogens (primary N) is 2. The van der Waals surface area contributed by atoms with Gasteiger partial charge in [0.25, 0.3) is 0 Å². The maximum atomic E-state index is 12.5. The summed E-state index contributed by atoms with van der Waals surface area (Å²) in [5.41, 5.74) is 10.6. The van der Waals surface area contributed by atoms with Crippen molar-refractivity contribution >= 4 is 60.0 Å². The molecule has 0 aromatic carbocycles. The summed E-state index contributed by atoms with van der Waals surface area (Å²) in [5.74, 6) is -5.83. The van der Waals surface area contributed by atoms with Crippen LogP contribution in [0.15, 0.2) is 0 Å². The zero-order chi connectivity index (χ0) is 24.8. The Morgan fingerprint density at radius 2 is 1.44 bits per heavy atom. The molecule has 0 rings (SSSR count). The molecule has 32 heavy (non-hydrogen) atoms. The summed E-state index contributed by atoms with van der Waals surface area (Å²) < 4.78 is 0. The molecule has 4 amide bonds. The van der Waals surface area contributed by atoms with Crippen LogP contribution in [0.1, 0.15) is 25.7 Å². The van der Waals surface area contributed by atoms with E-state index < -0.39 is 66.2 Å². The normalized spacial score (nSPS) is 14.3. The maximum absolute atomic E-state index is 12.5. The first kappa shape index (κ1) is 29.5. The lowest BCUT2D eigenvalue weighted by atomic mass is 10.1. The van der Waals surface area contributed by atoms with Gasteiger partial charge < -0.3 is 37.6 Å². The van der Waals surface area contributed by atoms with E-state index in [0.29, 0.717) is 5.75 Å². The summed E-state index contributed by atoms with van der Waals surface area (Å²) in [5, 5.41) is 25.0. The van der Waals surface area contributed by atoms with E-state index in [-0.39, 0.29) is 25.0 Å². The number of thiol groups is 1. The number of amides is 4. The third-order valence-electron chi connectivity index (χ3n) is 4.09. The molecule has 0 fully saturated rings. The number of carbonyl (C=O) groups excluding carboxylic acids is 4. The number of nitrogens with one attached hydrogen (secondary N) is 3. The summed E-state index contributed by atoms with van der Waals surface area (Å²) in [6.07, 6.45) is 0.807. The van der Waals surface area contributed by atoms with Crippen LogP contribution in [0.5, 0.6) is 0 Å². The second kappa shape index (κ2) is 15.3. The summed E-state index contributed by atoms with van der Waals surface area (Å²) >= 11 is 5.36. The lowest BCUT2D eigenvalue weighted by molar-refractivity contribution is -0.143. The highest BCUT2D eigenvalue weighted by atomic mass is 32.2. The number of rotatable bonds is 16. The Labute approximate surface area is 194 Å². The predicted octanol–water partition coefficient (Wildman–Crippen LogP) is -2.72. The van der Waals surface area contributed by atoms with Crippen molar-refractivity contribution < 1.29 is 39.0 Å². The van der Waals surface area contributed by atoms with Crippen molar-refractivity contribution in [2.24, 2.45) is 11.5 Å². The number of carboxylic acids is 2. The van der Waals surface area contributed by atoms with Gasteiger partial charge >= 0.3 is 11.9 Å². The number of aliphatic carboxylic acids is 2. The molecule has 0 heterocycles. The minimum Gasteiger partial charge on any atom is -0.481 e. The number of hydrogen-bond donors (Lipinski definition) is 8. The Morgan fingerprint density at radius 1 is 0.906 bits per heavy atom. The van der Waals surface area contributed by atoms with Crippen LogP contribution in [-0.4, -0.2) is 87.7 Å². The smallest absolute Gasteiger partial charge is 0.326 e. The van der Waals surface area contributed by atoms with Crippen molar-refractivity contribution in [3.05, 3.63) is 0 Å². The second-order valence-electron chi connectivity index (χ2n) is 6.70. The van der Waals surface area contributed by atoms with E-state index in [0.717, 1.165) is 0 Å². The van der Waals surface area contributed by atoms with Crippen LogP contribution in [0.3, 0.4) is 0 Å². The van der Waals surface area contributed by atoms with E-state index in [9.17, 15) is 33.9 Å². The molecule has 0 spiro atoms. The Morgan fingerprint density at radius 3 is 1.91 bits per heavy atom.